The van der Waals surface area contributed by atoms with Gasteiger partial charge in [0.2, 0.25) is 5.91 Å². The second kappa shape index (κ2) is 6.90. The van der Waals surface area contributed by atoms with E-state index < -0.39 is 11.9 Å². The van der Waals surface area contributed by atoms with Crippen molar-refractivity contribution in [1.29, 1.82) is 0 Å². The highest BCUT2D eigenvalue weighted by molar-refractivity contribution is 8.18. The van der Waals surface area contributed by atoms with Gasteiger partial charge < -0.3 is 15.5 Å². The molecule has 0 unspecified atom stereocenters. The SMILES string of the molecule is O=C1CCN=C(S/C(=C/c2ccc(C(=O)O)cc2)C(=O)O)N1. The fourth-order valence-electron chi connectivity index (χ4n) is 1.65. The first-order valence-corrected chi connectivity index (χ1v) is 7.08. The van der Waals surface area contributed by atoms with Crippen LogP contribution in [-0.4, -0.2) is 39.8 Å². The molecule has 1 aliphatic rings. The number of carboxylic acids is 2. The van der Waals surface area contributed by atoms with Gasteiger partial charge in [-0.15, -0.1) is 0 Å². The smallest absolute Gasteiger partial charge is 0.342 e. The molecule has 0 fully saturated rings. The normalized spacial score (nSPS) is 15.0. The fraction of sp³-hybridized carbons (Fsp3) is 0.143. The number of rotatable bonds is 4. The number of carbonyl (C=O) groups is 3. The Labute approximate surface area is 129 Å². The predicted molar refractivity (Wildman–Crippen MR) is 81.7 cm³/mol. The number of thioether (sulfide) groups is 1. The Kier molecular flexibility index (Phi) is 4.95. The minimum atomic E-state index is -1.16. The van der Waals surface area contributed by atoms with Gasteiger partial charge in [0.25, 0.3) is 0 Å². The molecular weight excluding hydrogens is 308 g/mol. The van der Waals surface area contributed by atoms with Crippen LogP contribution >= 0.6 is 11.8 Å². The number of hydrogen-bond acceptors (Lipinski definition) is 5. The van der Waals surface area contributed by atoms with Crippen LogP contribution in [0.1, 0.15) is 22.3 Å². The van der Waals surface area contributed by atoms with Crippen LogP contribution in [0.5, 0.6) is 0 Å². The molecule has 0 saturated heterocycles. The lowest BCUT2D eigenvalue weighted by molar-refractivity contribution is -0.131. The van der Waals surface area contributed by atoms with Gasteiger partial charge in [-0.05, 0) is 35.5 Å². The molecule has 0 aromatic heterocycles. The predicted octanol–water partition coefficient (Wildman–Crippen LogP) is 1.42. The van der Waals surface area contributed by atoms with Crippen molar-refractivity contribution in [3.8, 4) is 0 Å². The molecule has 0 radical (unpaired) electrons. The Hall–Kier alpha value is -2.61. The van der Waals surface area contributed by atoms with E-state index >= 15 is 0 Å². The molecule has 7 nitrogen and oxygen atoms in total. The maximum Gasteiger partial charge on any atom is 0.342 e. The standard InChI is InChI=1S/C14H12N2O5S/c17-11-5-6-15-14(16-11)22-10(13(20)21)7-8-1-3-9(4-2-8)12(18)19/h1-4,7H,5-6H2,(H,18,19)(H,20,21)(H,15,16,17)/b10-7+. The molecule has 1 heterocycles. The molecule has 3 N–H and O–H groups in total. The maximum atomic E-state index is 11.3. The molecule has 1 amide bonds. The Balaban J connectivity index is 2.20. The van der Waals surface area contributed by atoms with Gasteiger partial charge in [-0.2, -0.15) is 0 Å². The van der Waals surface area contributed by atoms with E-state index in [0.29, 0.717) is 12.1 Å². The number of benzene rings is 1. The van der Waals surface area contributed by atoms with E-state index in [2.05, 4.69) is 10.3 Å². The van der Waals surface area contributed by atoms with Crippen LogP contribution in [0.3, 0.4) is 0 Å². The molecule has 1 aromatic carbocycles. The summed E-state index contributed by atoms with van der Waals surface area (Å²) >= 11 is 0.846. The number of amides is 1. The largest absolute Gasteiger partial charge is 0.478 e. The van der Waals surface area contributed by atoms with E-state index in [1.807, 2.05) is 0 Å². The third-order valence-electron chi connectivity index (χ3n) is 2.71. The minimum absolute atomic E-state index is 0.0241. The van der Waals surface area contributed by atoms with Gasteiger partial charge in [-0.25, -0.2) is 9.59 Å². The monoisotopic (exact) mass is 320 g/mol. The number of aliphatic imine (C=N–C) groups is 1. The van der Waals surface area contributed by atoms with E-state index in [4.69, 9.17) is 5.11 Å². The van der Waals surface area contributed by atoms with E-state index in [9.17, 15) is 19.5 Å². The summed E-state index contributed by atoms with van der Waals surface area (Å²) in [7, 11) is 0. The average molecular weight is 320 g/mol. The highest BCUT2D eigenvalue weighted by Crippen LogP contribution is 2.22. The lowest BCUT2D eigenvalue weighted by atomic mass is 10.1. The summed E-state index contributed by atoms with van der Waals surface area (Å²) in [6.45, 7) is 0.328. The van der Waals surface area contributed by atoms with Crippen LogP contribution in [0.4, 0.5) is 0 Å². The lowest BCUT2D eigenvalue weighted by Crippen LogP contribution is -2.33. The van der Waals surface area contributed by atoms with E-state index in [-0.39, 0.29) is 28.0 Å². The number of carboxylic acid groups (broad SMARTS) is 2. The van der Waals surface area contributed by atoms with E-state index in [1.165, 1.54) is 30.3 Å². The summed E-state index contributed by atoms with van der Waals surface area (Å²) in [6.07, 6.45) is 1.68. The van der Waals surface area contributed by atoms with Gasteiger partial charge in [-0.1, -0.05) is 12.1 Å². The van der Waals surface area contributed by atoms with Gasteiger partial charge >= 0.3 is 11.9 Å². The van der Waals surface area contributed by atoms with Crippen molar-refractivity contribution in [2.75, 3.05) is 6.54 Å². The zero-order valence-electron chi connectivity index (χ0n) is 11.3. The van der Waals surface area contributed by atoms with Crippen LogP contribution < -0.4 is 5.32 Å². The van der Waals surface area contributed by atoms with Crippen LogP contribution in [-0.2, 0) is 9.59 Å². The summed E-state index contributed by atoms with van der Waals surface area (Å²) in [4.78, 5) is 37.3. The molecule has 2 rings (SSSR count). The van der Waals surface area contributed by atoms with Crippen molar-refractivity contribution in [3.63, 3.8) is 0 Å². The topological polar surface area (TPSA) is 116 Å². The maximum absolute atomic E-state index is 11.3. The highest BCUT2D eigenvalue weighted by Gasteiger charge is 2.17. The summed E-state index contributed by atoms with van der Waals surface area (Å²) in [6, 6.07) is 5.79. The van der Waals surface area contributed by atoms with E-state index in [1.54, 1.807) is 0 Å². The number of amidine groups is 1. The molecule has 114 valence electrons. The summed E-state index contributed by atoms with van der Waals surface area (Å²) < 4.78 is 0. The molecular formula is C14H12N2O5S. The Bertz CT molecular complexity index is 679. The second-order valence-corrected chi connectivity index (χ2v) is 5.36. The van der Waals surface area contributed by atoms with Gasteiger partial charge in [0.05, 0.1) is 12.1 Å². The molecule has 0 spiro atoms. The minimum Gasteiger partial charge on any atom is -0.478 e. The molecule has 22 heavy (non-hydrogen) atoms. The molecule has 1 aromatic rings. The van der Waals surface area contributed by atoms with Crippen molar-refractivity contribution in [2.45, 2.75) is 6.42 Å². The van der Waals surface area contributed by atoms with Crippen molar-refractivity contribution >= 4 is 40.9 Å². The molecule has 0 bridgehead atoms. The number of nitrogens with zero attached hydrogens (tertiary/aromatic N) is 1. The Morgan fingerprint density at radius 1 is 1.23 bits per heavy atom. The van der Waals surface area contributed by atoms with Gasteiger partial charge in [-0.3, -0.25) is 9.79 Å². The molecule has 8 heteroatoms. The van der Waals surface area contributed by atoms with Gasteiger partial charge in [0.15, 0.2) is 5.17 Å². The number of aromatic carboxylic acids is 1. The van der Waals surface area contributed by atoms with Crippen LogP contribution in [0.2, 0.25) is 0 Å². The molecule has 0 atom stereocenters. The van der Waals surface area contributed by atoms with Crippen LogP contribution in [0, 0.1) is 0 Å². The van der Waals surface area contributed by atoms with Gasteiger partial charge in [0.1, 0.15) is 4.91 Å². The van der Waals surface area contributed by atoms with Crippen molar-refractivity contribution in [3.05, 3.63) is 40.3 Å². The molecule has 0 aliphatic carbocycles. The fourth-order valence-corrected chi connectivity index (χ4v) is 2.46. The zero-order valence-corrected chi connectivity index (χ0v) is 12.1. The summed E-state index contributed by atoms with van der Waals surface area (Å²) in [5, 5.41) is 20.8. The second-order valence-electron chi connectivity index (χ2n) is 4.33. The lowest BCUT2D eigenvalue weighted by Gasteiger charge is -2.12. The summed E-state index contributed by atoms with van der Waals surface area (Å²) in [5.41, 5.74) is 0.656. The number of aliphatic carboxylic acids is 1. The first kappa shape index (κ1) is 15.8. The van der Waals surface area contributed by atoms with Crippen molar-refractivity contribution in [1.82, 2.24) is 5.32 Å². The highest BCUT2D eigenvalue weighted by atomic mass is 32.2. The Morgan fingerprint density at radius 3 is 2.45 bits per heavy atom. The van der Waals surface area contributed by atoms with Crippen molar-refractivity contribution in [2.24, 2.45) is 4.99 Å². The van der Waals surface area contributed by atoms with Gasteiger partial charge in [0, 0.05) is 6.42 Å². The number of nitrogens with one attached hydrogen (secondary N) is 1. The number of carbonyl (C=O) groups excluding carboxylic acids is 1. The molecule has 1 aliphatic heterocycles. The first-order valence-electron chi connectivity index (χ1n) is 6.26. The molecule has 0 saturated carbocycles. The number of hydrogen-bond donors (Lipinski definition) is 3. The average Bonchev–Trinajstić information content (AvgIpc) is 2.47. The van der Waals surface area contributed by atoms with Crippen LogP contribution in [0.25, 0.3) is 6.08 Å². The van der Waals surface area contributed by atoms with Crippen LogP contribution in [0.15, 0.2) is 34.2 Å². The first-order chi connectivity index (χ1) is 10.5. The van der Waals surface area contributed by atoms with Crippen molar-refractivity contribution < 1.29 is 24.6 Å². The summed E-state index contributed by atoms with van der Waals surface area (Å²) in [5.74, 6) is -2.41. The zero-order chi connectivity index (χ0) is 16.1. The third-order valence-corrected chi connectivity index (χ3v) is 3.65. The third kappa shape index (κ3) is 4.19. The van der Waals surface area contributed by atoms with E-state index in [0.717, 1.165) is 11.8 Å². The quantitative estimate of drug-likeness (QED) is 0.723. The Morgan fingerprint density at radius 2 is 1.91 bits per heavy atom.